The average Bonchev–Trinajstić information content (AvgIpc) is 2.65. The van der Waals surface area contributed by atoms with Gasteiger partial charge in [-0.15, -0.1) is 17.7 Å². The highest BCUT2D eigenvalue weighted by atomic mass is 32.2. The van der Waals surface area contributed by atoms with Crippen molar-refractivity contribution in [3.8, 4) is 11.8 Å². The maximum atomic E-state index is 5.83. The van der Waals surface area contributed by atoms with E-state index in [1.165, 1.54) is 21.6 Å². The summed E-state index contributed by atoms with van der Waals surface area (Å²) in [6.45, 7) is 1.88. The summed E-state index contributed by atoms with van der Waals surface area (Å²) >= 11 is 1.87. The third kappa shape index (κ3) is 2.24. The van der Waals surface area contributed by atoms with Crippen molar-refractivity contribution in [1.82, 2.24) is 0 Å². The molecule has 2 aromatic carbocycles. The van der Waals surface area contributed by atoms with Gasteiger partial charge in [-0.25, -0.2) is 0 Å². The lowest BCUT2D eigenvalue weighted by Crippen LogP contribution is -2.08. The van der Waals surface area contributed by atoms with Gasteiger partial charge in [0.25, 0.3) is 0 Å². The summed E-state index contributed by atoms with van der Waals surface area (Å²) in [7, 11) is 1.78. The van der Waals surface area contributed by atoms with Gasteiger partial charge >= 0.3 is 0 Å². The van der Waals surface area contributed by atoms with Gasteiger partial charge in [-0.2, -0.15) is 0 Å². The second-order valence-electron chi connectivity index (χ2n) is 4.70. The normalized spacial score (nSPS) is 16.4. The Labute approximate surface area is 124 Å². The first-order valence-corrected chi connectivity index (χ1v) is 7.62. The number of hydrogen-bond acceptors (Lipinski definition) is 2. The molecule has 2 aromatic rings. The summed E-state index contributed by atoms with van der Waals surface area (Å²) in [5.41, 5.74) is 4.86. The molecule has 1 unspecified atom stereocenters. The molecule has 1 atom stereocenters. The van der Waals surface area contributed by atoms with Crippen LogP contribution in [0.4, 0.5) is 0 Å². The summed E-state index contributed by atoms with van der Waals surface area (Å²) in [5, 5.41) is 0. The maximum absolute atomic E-state index is 5.83. The Kier molecular flexibility index (Phi) is 3.82. The van der Waals surface area contributed by atoms with E-state index < -0.39 is 0 Å². The highest BCUT2D eigenvalue weighted by Crippen LogP contribution is 2.41. The van der Waals surface area contributed by atoms with Crippen molar-refractivity contribution in [2.45, 2.75) is 23.7 Å². The van der Waals surface area contributed by atoms with Crippen LogP contribution in [0.1, 0.15) is 35.3 Å². The van der Waals surface area contributed by atoms with Crippen LogP contribution in [0.15, 0.2) is 47.4 Å². The molecule has 1 heterocycles. The zero-order chi connectivity index (χ0) is 13.9. The third-order valence-electron chi connectivity index (χ3n) is 3.54. The zero-order valence-electron chi connectivity index (χ0n) is 11.6. The molecule has 0 fully saturated rings. The van der Waals surface area contributed by atoms with Gasteiger partial charge in [0.05, 0.1) is 0 Å². The van der Waals surface area contributed by atoms with Crippen LogP contribution in [0.3, 0.4) is 0 Å². The summed E-state index contributed by atoms with van der Waals surface area (Å²) < 4.78 is 5.83. The standard InChI is InChI=1S/C18H16OS/c1-3-7-13-8-6-9-14-12-20-16-11-5-4-10-15(16)18(19-2)17(13)14/h4-6,8-11,18H,12H2,1-2H3. The Morgan fingerprint density at radius 3 is 2.80 bits per heavy atom. The van der Waals surface area contributed by atoms with Crippen LogP contribution in [0, 0.1) is 11.8 Å². The summed E-state index contributed by atoms with van der Waals surface area (Å²) in [6, 6.07) is 14.8. The predicted octanol–water partition coefficient (Wildman–Crippen LogP) is 4.40. The van der Waals surface area contributed by atoms with Gasteiger partial charge in [0.1, 0.15) is 6.10 Å². The molecule has 0 aromatic heterocycles. The molecule has 0 spiro atoms. The number of hydrogen-bond donors (Lipinski definition) is 0. The van der Waals surface area contributed by atoms with Crippen molar-refractivity contribution in [2.75, 3.05) is 7.11 Å². The van der Waals surface area contributed by atoms with Crippen molar-refractivity contribution in [1.29, 1.82) is 0 Å². The fourth-order valence-corrected chi connectivity index (χ4v) is 3.76. The van der Waals surface area contributed by atoms with Gasteiger partial charge in [0.15, 0.2) is 0 Å². The molecular weight excluding hydrogens is 264 g/mol. The SMILES string of the molecule is CC#Cc1cccc2c1C(OC)c1ccccc1SC2. The van der Waals surface area contributed by atoms with Crippen LogP contribution >= 0.6 is 11.8 Å². The van der Waals surface area contributed by atoms with Crippen LogP contribution in [-0.4, -0.2) is 7.11 Å². The summed E-state index contributed by atoms with van der Waals surface area (Å²) in [6.07, 6.45) is -0.0340. The van der Waals surface area contributed by atoms with E-state index in [9.17, 15) is 0 Å². The van der Waals surface area contributed by atoms with Crippen molar-refractivity contribution >= 4 is 11.8 Å². The molecule has 3 rings (SSSR count). The molecular formula is C18H16OS. The molecule has 100 valence electrons. The van der Waals surface area contributed by atoms with Gasteiger partial charge in [0.2, 0.25) is 0 Å². The first-order valence-electron chi connectivity index (χ1n) is 6.64. The molecule has 0 amide bonds. The van der Waals surface area contributed by atoms with Gasteiger partial charge in [-0.1, -0.05) is 36.3 Å². The Balaban J connectivity index is 2.25. The Morgan fingerprint density at radius 1 is 1.15 bits per heavy atom. The smallest absolute Gasteiger partial charge is 0.110 e. The van der Waals surface area contributed by atoms with Gasteiger partial charge in [-0.3, -0.25) is 0 Å². The Morgan fingerprint density at radius 2 is 2.00 bits per heavy atom. The topological polar surface area (TPSA) is 9.23 Å². The van der Waals surface area contributed by atoms with E-state index in [4.69, 9.17) is 4.74 Å². The van der Waals surface area contributed by atoms with E-state index in [0.717, 1.165) is 11.3 Å². The van der Waals surface area contributed by atoms with Gasteiger partial charge < -0.3 is 4.74 Å². The summed E-state index contributed by atoms with van der Waals surface area (Å²) in [5.74, 6) is 7.19. The lowest BCUT2D eigenvalue weighted by molar-refractivity contribution is 0.134. The minimum Gasteiger partial charge on any atom is -0.372 e. The van der Waals surface area contributed by atoms with Crippen LogP contribution in [0.5, 0.6) is 0 Å². The number of benzene rings is 2. The Bertz CT molecular complexity index is 694. The second-order valence-corrected chi connectivity index (χ2v) is 5.71. The molecule has 0 bridgehead atoms. The quantitative estimate of drug-likeness (QED) is 0.716. The van der Waals surface area contributed by atoms with Gasteiger partial charge in [-0.05, 0) is 30.2 Å². The molecule has 1 aliphatic heterocycles. The first kappa shape index (κ1) is 13.3. The summed E-state index contributed by atoms with van der Waals surface area (Å²) in [4.78, 5) is 1.30. The minimum atomic E-state index is -0.0340. The number of ether oxygens (including phenoxy) is 1. The van der Waals surface area contributed by atoms with E-state index in [1.807, 2.05) is 18.7 Å². The van der Waals surface area contributed by atoms with Crippen LogP contribution in [0.2, 0.25) is 0 Å². The molecule has 0 radical (unpaired) electrons. The van der Waals surface area contributed by atoms with E-state index in [2.05, 4.69) is 54.3 Å². The van der Waals surface area contributed by atoms with Crippen molar-refractivity contribution in [2.24, 2.45) is 0 Å². The van der Waals surface area contributed by atoms with Crippen LogP contribution in [-0.2, 0) is 10.5 Å². The first-order chi connectivity index (χ1) is 9.85. The fraction of sp³-hybridized carbons (Fsp3) is 0.222. The zero-order valence-corrected chi connectivity index (χ0v) is 12.5. The number of rotatable bonds is 1. The van der Waals surface area contributed by atoms with E-state index in [1.54, 1.807) is 7.11 Å². The molecule has 0 saturated heterocycles. The second kappa shape index (κ2) is 5.75. The van der Waals surface area contributed by atoms with Crippen molar-refractivity contribution in [3.05, 3.63) is 64.7 Å². The number of thioether (sulfide) groups is 1. The molecule has 2 heteroatoms. The number of fused-ring (bicyclic) bond motifs is 2. The highest BCUT2D eigenvalue weighted by Gasteiger charge is 2.25. The largest absolute Gasteiger partial charge is 0.372 e. The average molecular weight is 280 g/mol. The fourth-order valence-electron chi connectivity index (χ4n) is 2.68. The van der Waals surface area contributed by atoms with Crippen molar-refractivity contribution < 1.29 is 4.74 Å². The van der Waals surface area contributed by atoms with E-state index >= 15 is 0 Å². The molecule has 0 N–H and O–H groups in total. The molecule has 1 aliphatic rings. The lowest BCUT2D eigenvalue weighted by Gasteiger charge is -2.19. The lowest BCUT2D eigenvalue weighted by atomic mass is 9.93. The predicted molar refractivity (Wildman–Crippen MR) is 83.8 cm³/mol. The molecule has 1 nitrogen and oxygen atoms in total. The molecule has 20 heavy (non-hydrogen) atoms. The monoisotopic (exact) mass is 280 g/mol. The van der Waals surface area contributed by atoms with Crippen LogP contribution in [0.25, 0.3) is 0 Å². The van der Waals surface area contributed by atoms with E-state index in [-0.39, 0.29) is 6.10 Å². The Hall–Kier alpha value is -1.69. The molecule has 0 saturated carbocycles. The minimum absolute atomic E-state index is 0.0340. The molecule has 0 aliphatic carbocycles. The third-order valence-corrected chi connectivity index (χ3v) is 4.68. The number of methoxy groups -OCH3 is 1. The van der Waals surface area contributed by atoms with Gasteiger partial charge in [0, 0.05) is 28.9 Å². The maximum Gasteiger partial charge on any atom is 0.110 e. The van der Waals surface area contributed by atoms with E-state index in [0.29, 0.717) is 0 Å². The van der Waals surface area contributed by atoms with Crippen molar-refractivity contribution in [3.63, 3.8) is 0 Å². The van der Waals surface area contributed by atoms with Crippen LogP contribution < -0.4 is 0 Å². The highest BCUT2D eigenvalue weighted by molar-refractivity contribution is 7.98.